The Kier molecular flexibility index (Phi) is 5.38. The van der Waals surface area contributed by atoms with Crippen molar-refractivity contribution in [2.24, 2.45) is 0 Å². The lowest BCUT2D eigenvalue weighted by molar-refractivity contribution is 0.949. The van der Waals surface area contributed by atoms with Crippen molar-refractivity contribution in [1.29, 1.82) is 0 Å². The molecule has 0 heteroatoms. The van der Waals surface area contributed by atoms with Crippen molar-refractivity contribution in [2.75, 3.05) is 0 Å². The molecule has 0 bridgehead atoms. The molecule has 3 aromatic rings. The van der Waals surface area contributed by atoms with Crippen molar-refractivity contribution in [3.05, 3.63) is 94.0 Å². The Morgan fingerprint density at radius 2 is 1.16 bits per heavy atom. The van der Waals surface area contributed by atoms with Crippen LogP contribution in [-0.2, 0) is 19.3 Å². The third kappa shape index (κ3) is 3.85. The van der Waals surface area contributed by atoms with Crippen LogP contribution in [0.1, 0.15) is 40.3 Å². The summed E-state index contributed by atoms with van der Waals surface area (Å²) in [7, 11) is 0. The van der Waals surface area contributed by atoms with Gasteiger partial charge in [-0.25, -0.2) is 0 Å². The van der Waals surface area contributed by atoms with Crippen molar-refractivity contribution < 1.29 is 0 Å². The zero-order valence-corrected chi connectivity index (χ0v) is 15.9. The van der Waals surface area contributed by atoms with Gasteiger partial charge in [0.25, 0.3) is 0 Å². The van der Waals surface area contributed by atoms with E-state index in [2.05, 4.69) is 88.4 Å². The van der Waals surface area contributed by atoms with Gasteiger partial charge in [0.15, 0.2) is 0 Å². The van der Waals surface area contributed by atoms with E-state index in [0.717, 1.165) is 19.3 Å². The summed E-state index contributed by atoms with van der Waals surface area (Å²) in [5.41, 5.74) is 11.3. The Bertz CT molecular complexity index is 854. The van der Waals surface area contributed by atoms with Gasteiger partial charge in [-0.15, -0.1) is 0 Å². The fourth-order valence-electron chi connectivity index (χ4n) is 3.64. The summed E-state index contributed by atoms with van der Waals surface area (Å²) in [4.78, 5) is 0. The maximum absolute atomic E-state index is 2.28. The van der Waals surface area contributed by atoms with Crippen LogP contribution in [0.5, 0.6) is 0 Å². The Balaban J connectivity index is 1.89. The highest BCUT2D eigenvalue weighted by Crippen LogP contribution is 2.30. The second kappa shape index (κ2) is 7.70. The van der Waals surface area contributed by atoms with Crippen LogP contribution in [-0.4, -0.2) is 0 Å². The summed E-state index contributed by atoms with van der Waals surface area (Å²) >= 11 is 0. The molecular weight excluding hydrogens is 300 g/mol. The summed E-state index contributed by atoms with van der Waals surface area (Å²) in [6.45, 7) is 8.91. The monoisotopic (exact) mass is 328 g/mol. The van der Waals surface area contributed by atoms with E-state index in [-0.39, 0.29) is 0 Å². The summed E-state index contributed by atoms with van der Waals surface area (Å²) in [5, 5.41) is 0. The van der Waals surface area contributed by atoms with E-state index < -0.39 is 0 Å². The molecule has 128 valence electrons. The van der Waals surface area contributed by atoms with Gasteiger partial charge in [0, 0.05) is 0 Å². The summed E-state index contributed by atoms with van der Waals surface area (Å²) in [6, 6.07) is 22.4. The minimum Gasteiger partial charge on any atom is -0.0614 e. The van der Waals surface area contributed by atoms with Gasteiger partial charge in [-0.05, 0) is 79.0 Å². The van der Waals surface area contributed by atoms with Crippen LogP contribution in [0.25, 0.3) is 11.1 Å². The summed E-state index contributed by atoms with van der Waals surface area (Å²) in [5.74, 6) is 0. The SMILES string of the molecule is CCc1cccc(-c2cccc(CCc3ccc(C)cc3)c2C)c1C. The van der Waals surface area contributed by atoms with E-state index in [0.29, 0.717) is 0 Å². The smallest absolute Gasteiger partial charge is 0.0149 e. The highest BCUT2D eigenvalue weighted by atomic mass is 14.1. The van der Waals surface area contributed by atoms with Gasteiger partial charge in [0.05, 0.1) is 0 Å². The van der Waals surface area contributed by atoms with E-state index in [9.17, 15) is 0 Å². The third-order valence-corrected chi connectivity index (χ3v) is 5.37. The Morgan fingerprint density at radius 1 is 0.600 bits per heavy atom. The van der Waals surface area contributed by atoms with Gasteiger partial charge in [-0.3, -0.25) is 0 Å². The lowest BCUT2D eigenvalue weighted by Gasteiger charge is -2.15. The van der Waals surface area contributed by atoms with Gasteiger partial charge in [-0.1, -0.05) is 73.2 Å². The molecule has 3 rings (SSSR count). The molecule has 0 fully saturated rings. The van der Waals surface area contributed by atoms with Crippen LogP contribution in [0.4, 0.5) is 0 Å². The molecule has 0 aromatic heterocycles. The molecule has 0 spiro atoms. The lowest BCUT2D eigenvalue weighted by Crippen LogP contribution is -1.98. The molecule has 0 N–H and O–H groups in total. The molecule has 0 aliphatic heterocycles. The van der Waals surface area contributed by atoms with Crippen molar-refractivity contribution in [3.63, 3.8) is 0 Å². The number of aryl methyl sites for hydroxylation is 4. The number of hydrogen-bond acceptors (Lipinski definition) is 0. The second-order valence-electron chi connectivity index (χ2n) is 7.02. The van der Waals surface area contributed by atoms with Crippen LogP contribution in [0.3, 0.4) is 0 Å². The molecule has 0 unspecified atom stereocenters. The zero-order chi connectivity index (χ0) is 17.8. The van der Waals surface area contributed by atoms with Crippen LogP contribution in [0, 0.1) is 20.8 Å². The standard InChI is InChI=1S/C25H28/c1-5-22-8-6-10-24(19(22)3)25-11-7-9-23(20(25)4)17-16-21-14-12-18(2)13-15-21/h6-15H,5,16-17H2,1-4H3. The molecule has 25 heavy (non-hydrogen) atoms. The Morgan fingerprint density at radius 3 is 1.76 bits per heavy atom. The van der Waals surface area contributed by atoms with Gasteiger partial charge >= 0.3 is 0 Å². The lowest BCUT2D eigenvalue weighted by atomic mass is 9.89. The van der Waals surface area contributed by atoms with Crippen molar-refractivity contribution >= 4 is 0 Å². The first-order valence-corrected chi connectivity index (χ1v) is 9.33. The fraction of sp³-hybridized carbons (Fsp3) is 0.280. The zero-order valence-electron chi connectivity index (χ0n) is 15.9. The molecule has 0 aliphatic carbocycles. The minimum atomic E-state index is 1.09. The third-order valence-electron chi connectivity index (χ3n) is 5.37. The maximum atomic E-state index is 2.28. The quantitative estimate of drug-likeness (QED) is 0.493. The number of hydrogen-bond donors (Lipinski definition) is 0. The highest BCUT2D eigenvalue weighted by molar-refractivity contribution is 5.72. The minimum absolute atomic E-state index is 1.09. The molecule has 0 atom stereocenters. The molecule has 0 amide bonds. The van der Waals surface area contributed by atoms with Crippen LogP contribution >= 0.6 is 0 Å². The van der Waals surface area contributed by atoms with Crippen LogP contribution < -0.4 is 0 Å². The average molecular weight is 328 g/mol. The first-order valence-electron chi connectivity index (χ1n) is 9.33. The Hall–Kier alpha value is -2.34. The number of benzene rings is 3. The molecule has 0 radical (unpaired) electrons. The van der Waals surface area contributed by atoms with E-state index in [1.807, 2.05) is 0 Å². The average Bonchev–Trinajstić information content (AvgIpc) is 2.63. The van der Waals surface area contributed by atoms with Crippen molar-refractivity contribution in [3.8, 4) is 11.1 Å². The summed E-state index contributed by atoms with van der Waals surface area (Å²) in [6.07, 6.45) is 3.28. The first-order chi connectivity index (χ1) is 12.1. The fourth-order valence-corrected chi connectivity index (χ4v) is 3.64. The molecule has 0 aliphatic rings. The molecule has 0 nitrogen and oxygen atoms in total. The second-order valence-corrected chi connectivity index (χ2v) is 7.02. The van der Waals surface area contributed by atoms with Crippen LogP contribution in [0.2, 0.25) is 0 Å². The van der Waals surface area contributed by atoms with Gasteiger partial charge in [0.1, 0.15) is 0 Å². The van der Waals surface area contributed by atoms with E-state index in [4.69, 9.17) is 0 Å². The van der Waals surface area contributed by atoms with E-state index in [1.165, 1.54) is 44.5 Å². The molecular formula is C25H28. The van der Waals surface area contributed by atoms with Crippen molar-refractivity contribution in [1.82, 2.24) is 0 Å². The Labute approximate surface area is 152 Å². The molecule has 0 saturated carbocycles. The molecule has 0 heterocycles. The van der Waals surface area contributed by atoms with E-state index >= 15 is 0 Å². The summed E-state index contributed by atoms with van der Waals surface area (Å²) < 4.78 is 0. The van der Waals surface area contributed by atoms with Gasteiger partial charge < -0.3 is 0 Å². The molecule has 0 saturated heterocycles. The predicted octanol–water partition coefficient (Wildman–Crippen LogP) is 6.63. The maximum Gasteiger partial charge on any atom is -0.0149 e. The predicted molar refractivity (Wildman–Crippen MR) is 109 cm³/mol. The first kappa shape index (κ1) is 17.5. The van der Waals surface area contributed by atoms with E-state index in [1.54, 1.807) is 0 Å². The topological polar surface area (TPSA) is 0 Å². The van der Waals surface area contributed by atoms with Crippen LogP contribution in [0.15, 0.2) is 60.7 Å². The van der Waals surface area contributed by atoms with Gasteiger partial charge in [0.2, 0.25) is 0 Å². The normalized spacial score (nSPS) is 10.9. The largest absolute Gasteiger partial charge is 0.0614 e. The number of rotatable bonds is 5. The highest BCUT2D eigenvalue weighted by Gasteiger charge is 2.10. The van der Waals surface area contributed by atoms with Gasteiger partial charge in [-0.2, -0.15) is 0 Å². The van der Waals surface area contributed by atoms with Crippen molar-refractivity contribution in [2.45, 2.75) is 47.0 Å². The molecule has 3 aromatic carbocycles.